The van der Waals surface area contributed by atoms with Gasteiger partial charge in [0.2, 0.25) is 0 Å². The number of amides is 2. The number of nitrogens with one attached hydrogen (secondary N) is 2. The smallest absolute Gasteiger partial charge is 0.307 e. The molecule has 0 aliphatic heterocycles. The summed E-state index contributed by atoms with van der Waals surface area (Å²) in [5.74, 6) is 1.15. The van der Waals surface area contributed by atoms with E-state index in [4.69, 9.17) is 30.2 Å². The molecule has 0 aliphatic rings. The van der Waals surface area contributed by atoms with Gasteiger partial charge in [-0.25, -0.2) is 5.43 Å². The molecule has 0 saturated carbocycles. The number of ether oxygens (including phenoxy) is 3. The minimum Gasteiger partial charge on any atom is -0.490 e. The number of carbonyl (C=O) groups excluding carboxylic acids is 2. The van der Waals surface area contributed by atoms with Gasteiger partial charge in [-0.3, -0.25) is 9.59 Å². The zero-order chi connectivity index (χ0) is 33.3. The van der Waals surface area contributed by atoms with Crippen molar-refractivity contribution in [1.29, 1.82) is 0 Å². The Kier molecular flexibility index (Phi) is 11.0. The molecule has 2 N–H and O–H groups in total. The van der Waals surface area contributed by atoms with Crippen LogP contribution in [0.15, 0.2) is 98.9 Å². The molecule has 0 saturated heterocycles. The van der Waals surface area contributed by atoms with Gasteiger partial charge < -0.3 is 28.5 Å². The number of furan rings is 1. The van der Waals surface area contributed by atoms with Crippen molar-refractivity contribution in [3.8, 4) is 22.9 Å². The molecular formula is C35H32BrClN4O6. The summed E-state index contributed by atoms with van der Waals surface area (Å²) in [6.07, 6.45) is 1.45. The SMILES string of the molecule is CCOc1cc(/C=N/NC(=O)c2ccc(COc3ccc(-n4c(C)ccc4C)cc3)o2)c(Br)cc1OCC(=O)Nc1ccc(Cl)cc1. The number of nitrogens with zero attached hydrogens (tertiary/aromatic N) is 2. The number of halogens is 2. The molecule has 0 atom stereocenters. The predicted molar refractivity (Wildman–Crippen MR) is 184 cm³/mol. The Balaban J connectivity index is 1.14. The van der Waals surface area contributed by atoms with Crippen molar-refractivity contribution >= 4 is 51.2 Å². The van der Waals surface area contributed by atoms with Crippen molar-refractivity contribution in [2.45, 2.75) is 27.4 Å². The lowest BCUT2D eigenvalue weighted by molar-refractivity contribution is -0.118. The average Bonchev–Trinajstić information content (AvgIpc) is 3.68. The Bertz CT molecular complexity index is 1860. The fraction of sp³-hybridized carbons (Fsp3) is 0.171. The van der Waals surface area contributed by atoms with Crippen LogP contribution in [0.25, 0.3) is 5.69 Å². The zero-order valence-electron chi connectivity index (χ0n) is 25.9. The van der Waals surface area contributed by atoms with Crippen LogP contribution in [0.4, 0.5) is 5.69 Å². The van der Waals surface area contributed by atoms with Crippen LogP contribution in [0.3, 0.4) is 0 Å². The highest BCUT2D eigenvalue weighted by Crippen LogP contribution is 2.33. The topological polar surface area (TPSA) is 116 Å². The zero-order valence-corrected chi connectivity index (χ0v) is 28.2. The van der Waals surface area contributed by atoms with Crippen LogP contribution in [0.5, 0.6) is 17.2 Å². The summed E-state index contributed by atoms with van der Waals surface area (Å²) in [6, 6.07) is 25.3. The molecule has 0 fully saturated rings. The molecule has 0 unspecified atom stereocenters. The molecule has 242 valence electrons. The average molecular weight is 720 g/mol. The number of rotatable bonds is 13. The molecule has 0 spiro atoms. The van der Waals surface area contributed by atoms with Crippen LogP contribution in [0, 0.1) is 13.8 Å². The summed E-state index contributed by atoms with van der Waals surface area (Å²) >= 11 is 9.38. The minimum absolute atomic E-state index is 0.0874. The van der Waals surface area contributed by atoms with E-state index >= 15 is 0 Å². The largest absolute Gasteiger partial charge is 0.490 e. The first-order chi connectivity index (χ1) is 22.7. The van der Waals surface area contributed by atoms with Crippen molar-refractivity contribution < 1.29 is 28.2 Å². The van der Waals surface area contributed by atoms with E-state index in [0.717, 1.165) is 17.1 Å². The Morgan fingerprint density at radius 3 is 2.32 bits per heavy atom. The lowest BCUT2D eigenvalue weighted by Crippen LogP contribution is -2.20. The van der Waals surface area contributed by atoms with Crippen LogP contribution in [0.2, 0.25) is 5.02 Å². The second-order valence-corrected chi connectivity index (χ2v) is 11.6. The summed E-state index contributed by atoms with van der Waals surface area (Å²) < 4.78 is 25.7. The Morgan fingerprint density at radius 1 is 0.915 bits per heavy atom. The van der Waals surface area contributed by atoms with E-state index in [9.17, 15) is 9.59 Å². The normalized spacial score (nSPS) is 11.0. The summed E-state index contributed by atoms with van der Waals surface area (Å²) in [4.78, 5) is 25.1. The van der Waals surface area contributed by atoms with Crippen LogP contribution in [-0.2, 0) is 11.4 Å². The third-order valence-electron chi connectivity index (χ3n) is 6.85. The number of aromatic nitrogens is 1. The number of carbonyl (C=O) groups is 2. The van der Waals surface area contributed by atoms with Gasteiger partial charge in [0, 0.05) is 37.8 Å². The first kappa shape index (κ1) is 33.4. The van der Waals surface area contributed by atoms with E-state index in [2.05, 4.69) is 62.3 Å². The summed E-state index contributed by atoms with van der Waals surface area (Å²) in [5.41, 5.74) is 7.03. The quantitative estimate of drug-likeness (QED) is 0.0946. The molecule has 12 heteroatoms. The molecule has 2 amide bonds. The molecule has 0 aliphatic carbocycles. The lowest BCUT2D eigenvalue weighted by atomic mass is 10.2. The number of hydrazone groups is 1. The summed E-state index contributed by atoms with van der Waals surface area (Å²) in [7, 11) is 0. The highest BCUT2D eigenvalue weighted by atomic mass is 79.9. The van der Waals surface area contributed by atoms with Gasteiger partial charge in [-0.1, -0.05) is 11.6 Å². The standard InChI is InChI=1S/C35H32BrClN4O6/c1-4-44-32-17-24(30(36)18-33(32)46-21-34(42)39-26-9-7-25(37)8-10-26)19-38-40-35(43)31-16-15-29(47-31)20-45-28-13-11-27(12-14-28)41-22(2)5-6-23(41)3/h5-19H,4,20-21H2,1-3H3,(H,39,42)(H,40,43)/b38-19+. The summed E-state index contributed by atoms with van der Waals surface area (Å²) in [6.45, 7) is 6.24. The van der Waals surface area contributed by atoms with Crippen molar-refractivity contribution in [2.75, 3.05) is 18.5 Å². The van der Waals surface area contributed by atoms with Crippen molar-refractivity contribution in [3.63, 3.8) is 0 Å². The number of hydrogen-bond acceptors (Lipinski definition) is 7. The van der Waals surface area contributed by atoms with Gasteiger partial charge in [0.25, 0.3) is 5.91 Å². The highest BCUT2D eigenvalue weighted by Gasteiger charge is 2.14. The third kappa shape index (κ3) is 8.84. The second-order valence-electron chi connectivity index (χ2n) is 10.3. The van der Waals surface area contributed by atoms with Gasteiger partial charge in [-0.15, -0.1) is 0 Å². The van der Waals surface area contributed by atoms with E-state index in [0.29, 0.717) is 50.4 Å². The van der Waals surface area contributed by atoms with E-state index in [1.54, 1.807) is 48.5 Å². The lowest BCUT2D eigenvalue weighted by Gasteiger charge is -2.14. The van der Waals surface area contributed by atoms with Crippen LogP contribution >= 0.6 is 27.5 Å². The monoisotopic (exact) mass is 718 g/mol. The van der Waals surface area contributed by atoms with Crippen molar-refractivity contribution in [1.82, 2.24) is 9.99 Å². The fourth-order valence-electron chi connectivity index (χ4n) is 4.62. The number of anilines is 1. The maximum absolute atomic E-state index is 12.7. The molecule has 2 heterocycles. The highest BCUT2D eigenvalue weighted by molar-refractivity contribution is 9.10. The first-order valence-electron chi connectivity index (χ1n) is 14.6. The van der Waals surface area contributed by atoms with Gasteiger partial charge in [-0.05, 0) is 122 Å². The van der Waals surface area contributed by atoms with Gasteiger partial charge in [0.05, 0.1) is 12.8 Å². The molecule has 5 aromatic rings. The van der Waals surface area contributed by atoms with Crippen molar-refractivity contribution in [3.05, 3.63) is 123 Å². The van der Waals surface area contributed by atoms with E-state index in [1.165, 1.54) is 6.21 Å². The Labute approximate surface area is 285 Å². The number of aryl methyl sites for hydroxylation is 2. The van der Waals surface area contributed by atoms with Crippen LogP contribution in [0.1, 0.15) is 40.2 Å². The predicted octanol–water partition coefficient (Wildman–Crippen LogP) is 7.86. The van der Waals surface area contributed by atoms with E-state index in [1.807, 2.05) is 31.2 Å². The van der Waals surface area contributed by atoms with Gasteiger partial charge >= 0.3 is 5.91 Å². The van der Waals surface area contributed by atoms with Crippen LogP contribution < -0.4 is 25.0 Å². The van der Waals surface area contributed by atoms with E-state index < -0.39 is 5.91 Å². The number of benzene rings is 3. The van der Waals surface area contributed by atoms with Crippen molar-refractivity contribution in [2.24, 2.45) is 5.10 Å². The third-order valence-corrected chi connectivity index (χ3v) is 7.79. The molecule has 0 bridgehead atoms. The van der Waals surface area contributed by atoms with Crippen LogP contribution in [-0.4, -0.2) is 35.8 Å². The molecule has 0 radical (unpaired) electrons. The van der Waals surface area contributed by atoms with E-state index in [-0.39, 0.29) is 24.9 Å². The van der Waals surface area contributed by atoms with Gasteiger partial charge in [0.15, 0.2) is 23.9 Å². The maximum Gasteiger partial charge on any atom is 0.307 e. The molecule has 10 nitrogen and oxygen atoms in total. The molecule has 3 aromatic carbocycles. The Hall–Kier alpha value is -5.00. The first-order valence-corrected chi connectivity index (χ1v) is 15.8. The van der Waals surface area contributed by atoms with Gasteiger partial charge in [0.1, 0.15) is 18.1 Å². The number of hydrogen-bond donors (Lipinski definition) is 2. The molecule has 5 rings (SSSR count). The second kappa shape index (κ2) is 15.5. The molecular weight excluding hydrogens is 688 g/mol. The van der Waals surface area contributed by atoms with Gasteiger partial charge in [-0.2, -0.15) is 5.10 Å². The molecule has 47 heavy (non-hydrogen) atoms. The fourth-order valence-corrected chi connectivity index (χ4v) is 5.17. The Morgan fingerprint density at radius 2 is 1.62 bits per heavy atom. The summed E-state index contributed by atoms with van der Waals surface area (Å²) in [5, 5.41) is 7.38. The minimum atomic E-state index is -0.526. The maximum atomic E-state index is 12.7. The molecule has 2 aromatic heterocycles.